The van der Waals surface area contributed by atoms with Crippen LogP contribution in [0.2, 0.25) is 0 Å². The van der Waals surface area contributed by atoms with Gasteiger partial charge in [-0.3, -0.25) is 14.4 Å². The van der Waals surface area contributed by atoms with E-state index in [1.807, 2.05) is 0 Å². The van der Waals surface area contributed by atoms with Crippen molar-refractivity contribution in [1.29, 1.82) is 0 Å². The average molecular weight is 475 g/mol. The second-order valence-electron chi connectivity index (χ2n) is 8.82. The predicted octanol–water partition coefficient (Wildman–Crippen LogP) is 2.98. The lowest BCUT2D eigenvalue weighted by Crippen LogP contribution is -2.53. The van der Waals surface area contributed by atoms with Gasteiger partial charge in [0.25, 0.3) is 17.6 Å². The topological polar surface area (TPSA) is 96.4 Å². The van der Waals surface area contributed by atoms with E-state index in [0.717, 1.165) is 12.8 Å². The summed E-state index contributed by atoms with van der Waals surface area (Å²) in [5, 5.41) is 11.4. The van der Waals surface area contributed by atoms with Crippen molar-refractivity contribution in [1.82, 2.24) is 4.90 Å². The van der Waals surface area contributed by atoms with E-state index in [0.29, 0.717) is 35.8 Å². The molecule has 1 N–H and O–H groups in total. The van der Waals surface area contributed by atoms with Crippen LogP contribution in [0.3, 0.4) is 0 Å². The summed E-state index contributed by atoms with van der Waals surface area (Å²) in [7, 11) is 1.61. The third-order valence-corrected chi connectivity index (χ3v) is 6.85. The van der Waals surface area contributed by atoms with Gasteiger partial charge in [0.2, 0.25) is 0 Å². The van der Waals surface area contributed by atoms with Crippen LogP contribution in [0.4, 0.5) is 5.69 Å². The molecule has 8 heteroatoms. The minimum absolute atomic E-state index is 0.0730. The number of likely N-dealkylation sites (N-methyl/N-ethyl adjacent to an activating group) is 1. The van der Waals surface area contributed by atoms with Crippen LogP contribution in [-0.4, -0.2) is 60.5 Å². The summed E-state index contributed by atoms with van der Waals surface area (Å²) in [5.74, 6) is -2.05. The van der Waals surface area contributed by atoms with Gasteiger partial charge < -0.3 is 24.4 Å². The third-order valence-electron chi connectivity index (χ3n) is 6.85. The lowest BCUT2D eigenvalue weighted by Gasteiger charge is -2.35. The van der Waals surface area contributed by atoms with Crippen molar-refractivity contribution in [3.05, 3.63) is 77.9 Å². The molecule has 3 heterocycles. The lowest BCUT2D eigenvalue weighted by molar-refractivity contribution is -0.145. The number of ketones is 1. The number of carbonyl (C=O) groups excluding carboxylic acids is 3. The molecule has 35 heavy (non-hydrogen) atoms. The van der Waals surface area contributed by atoms with E-state index in [1.54, 1.807) is 61.7 Å². The number of amides is 2. The summed E-state index contributed by atoms with van der Waals surface area (Å²) in [6, 6.07) is 13.5. The van der Waals surface area contributed by atoms with Crippen LogP contribution < -0.4 is 9.64 Å². The first-order valence-corrected chi connectivity index (χ1v) is 11.5. The van der Waals surface area contributed by atoms with E-state index in [2.05, 4.69) is 6.58 Å². The van der Waals surface area contributed by atoms with Gasteiger partial charge in [0, 0.05) is 37.0 Å². The molecule has 0 radical (unpaired) electrons. The Hall–Kier alpha value is -3.91. The summed E-state index contributed by atoms with van der Waals surface area (Å²) in [5.41, 5.74) is -0.645. The van der Waals surface area contributed by atoms with Gasteiger partial charge in [-0.15, -0.1) is 0 Å². The fourth-order valence-corrected chi connectivity index (χ4v) is 5.22. The summed E-state index contributed by atoms with van der Waals surface area (Å²) >= 11 is 0. The maximum Gasteiger partial charge on any atom is 0.296 e. The Labute approximate surface area is 203 Å². The Morgan fingerprint density at radius 2 is 1.94 bits per heavy atom. The third kappa shape index (κ3) is 3.36. The van der Waals surface area contributed by atoms with Gasteiger partial charge in [-0.05, 0) is 43.2 Å². The van der Waals surface area contributed by atoms with Gasteiger partial charge in [0.1, 0.15) is 18.1 Å². The maximum absolute atomic E-state index is 13.9. The Kier molecular flexibility index (Phi) is 5.68. The van der Waals surface area contributed by atoms with Crippen molar-refractivity contribution in [2.24, 2.45) is 0 Å². The zero-order valence-corrected chi connectivity index (χ0v) is 19.4. The van der Waals surface area contributed by atoms with Crippen molar-refractivity contribution in [3.63, 3.8) is 0 Å². The van der Waals surface area contributed by atoms with Gasteiger partial charge in [-0.1, -0.05) is 30.9 Å². The van der Waals surface area contributed by atoms with Crippen molar-refractivity contribution in [3.8, 4) is 5.75 Å². The molecule has 2 unspecified atom stereocenters. The quantitative estimate of drug-likeness (QED) is 0.299. The number of ether oxygens (including phenoxy) is 2. The van der Waals surface area contributed by atoms with Crippen molar-refractivity contribution >= 4 is 29.0 Å². The van der Waals surface area contributed by atoms with Gasteiger partial charge >= 0.3 is 0 Å². The molecule has 2 fully saturated rings. The minimum Gasteiger partial charge on any atom is -0.507 e. The second-order valence-corrected chi connectivity index (χ2v) is 8.82. The smallest absolute Gasteiger partial charge is 0.296 e. The molecule has 2 atom stereocenters. The zero-order valence-electron chi connectivity index (χ0n) is 19.4. The van der Waals surface area contributed by atoms with E-state index < -0.39 is 28.9 Å². The fraction of sp³-hybridized carbons (Fsp3) is 0.296. The largest absolute Gasteiger partial charge is 0.507 e. The summed E-state index contributed by atoms with van der Waals surface area (Å²) in [6.45, 7) is 4.57. The summed E-state index contributed by atoms with van der Waals surface area (Å²) in [4.78, 5) is 43.6. The molecule has 1 spiro atoms. The highest BCUT2D eigenvalue weighted by molar-refractivity contribution is 6.50. The zero-order chi connectivity index (χ0) is 24.7. The molecule has 0 aliphatic carbocycles. The van der Waals surface area contributed by atoms with Gasteiger partial charge in [-0.2, -0.15) is 0 Å². The number of benzene rings is 2. The number of para-hydroxylation sites is 1. The summed E-state index contributed by atoms with van der Waals surface area (Å²) in [6.07, 6.45) is 2.88. The number of rotatable bonds is 6. The number of hydrogen-bond acceptors (Lipinski definition) is 6. The highest BCUT2D eigenvalue weighted by Crippen LogP contribution is 2.53. The van der Waals surface area contributed by atoms with E-state index >= 15 is 0 Å². The predicted molar refractivity (Wildman–Crippen MR) is 129 cm³/mol. The minimum atomic E-state index is -1.77. The Morgan fingerprint density at radius 1 is 1.20 bits per heavy atom. The standard InChI is InChI=1S/C27H26N2O6/c1-3-14-34-18-12-10-17(11-13-18)23(30)22-24(31)25(32)29(16-19-7-6-15-35-19)27(22)20-8-4-5-9-21(20)28(2)26(27)33/h3-5,8-13,19,30H,1,6-7,14-16H2,2H3/b23-22-. The van der Waals surface area contributed by atoms with Gasteiger partial charge in [0.15, 0.2) is 5.54 Å². The molecular formula is C27H26N2O6. The molecule has 2 saturated heterocycles. The molecular weight excluding hydrogens is 448 g/mol. The number of fused-ring (bicyclic) bond motifs is 2. The number of aliphatic hydroxyl groups excluding tert-OH is 1. The normalized spacial score (nSPS) is 24.9. The first kappa shape index (κ1) is 22.9. The average Bonchev–Trinajstić information content (AvgIpc) is 3.53. The molecule has 0 bridgehead atoms. The van der Waals surface area contributed by atoms with Crippen LogP contribution in [0.5, 0.6) is 5.75 Å². The van der Waals surface area contributed by atoms with Crippen LogP contribution >= 0.6 is 0 Å². The number of anilines is 1. The molecule has 180 valence electrons. The molecule has 2 amide bonds. The number of hydrogen-bond donors (Lipinski definition) is 1. The Balaban J connectivity index is 1.70. The number of nitrogens with zero attached hydrogens (tertiary/aromatic N) is 2. The molecule has 0 aromatic heterocycles. The number of likely N-dealkylation sites (tertiary alicyclic amines) is 1. The fourth-order valence-electron chi connectivity index (χ4n) is 5.22. The molecule has 3 aliphatic rings. The Bertz CT molecular complexity index is 1240. The highest BCUT2D eigenvalue weighted by atomic mass is 16.5. The monoisotopic (exact) mass is 474 g/mol. The number of aliphatic hydroxyl groups is 1. The van der Waals surface area contributed by atoms with Crippen molar-refractivity contribution in [2.45, 2.75) is 24.5 Å². The SMILES string of the molecule is C=CCOc1ccc(/C(O)=C2\C(=O)C(=O)N(CC3CCCO3)C23C(=O)N(C)c2ccccc23)cc1. The first-order chi connectivity index (χ1) is 16.9. The second kappa shape index (κ2) is 8.70. The van der Waals surface area contributed by atoms with E-state index in [-0.39, 0.29) is 18.2 Å². The van der Waals surface area contributed by atoms with Gasteiger partial charge in [-0.25, -0.2) is 0 Å². The van der Waals surface area contributed by atoms with Crippen LogP contribution in [-0.2, 0) is 24.7 Å². The Morgan fingerprint density at radius 3 is 2.63 bits per heavy atom. The number of Topliss-reactive ketones (excluding diaryl/α,β-unsaturated/α-hetero) is 1. The molecule has 2 aromatic carbocycles. The van der Waals surface area contributed by atoms with Crippen LogP contribution in [0, 0.1) is 0 Å². The molecule has 2 aromatic rings. The molecule has 3 aliphatic heterocycles. The van der Waals surface area contributed by atoms with Crippen LogP contribution in [0.15, 0.2) is 66.8 Å². The maximum atomic E-state index is 13.9. The van der Waals surface area contributed by atoms with E-state index in [4.69, 9.17) is 9.47 Å². The van der Waals surface area contributed by atoms with Crippen molar-refractivity contribution < 1.29 is 29.0 Å². The van der Waals surface area contributed by atoms with E-state index in [1.165, 1.54) is 9.80 Å². The molecule has 5 rings (SSSR count). The first-order valence-electron chi connectivity index (χ1n) is 11.5. The van der Waals surface area contributed by atoms with Crippen LogP contribution in [0.25, 0.3) is 5.76 Å². The number of carbonyl (C=O) groups is 3. The molecule has 0 saturated carbocycles. The summed E-state index contributed by atoms with van der Waals surface area (Å²) < 4.78 is 11.2. The van der Waals surface area contributed by atoms with Crippen LogP contribution in [0.1, 0.15) is 24.0 Å². The van der Waals surface area contributed by atoms with E-state index in [9.17, 15) is 19.5 Å². The highest BCUT2D eigenvalue weighted by Gasteiger charge is 2.66. The molecule has 8 nitrogen and oxygen atoms in total. The lowest BCUT2D eigenvalue weighted by atomic mass is 9.81. The van der Waals surface area contributed by atoms with Crippen molar-refractivity contribution in [2.75, 3.05) is 31.7 Å². The van der Waals surface area contributed by atoms with Gasteiger partial charge in [0.05, 0.1) is 11.7 Å².